The number of carbonyl (C=O) groups is 1. The number of nitrogens with zero attached hydrogens (tertiary/aromatic N) is 4. The molecule has 1 amide bonds. The number of nitrogens with one attached hydrogen (secondary N) is 1. The molecule has 0 aliphatic rings. The number of para-hydroxylation sites is 1. The smallest absolute Gasteiger partial charge is 0.274 e. The van der Waals surface area contributed by atoms with Gasteiger partial charge in [0, 0.05) is 18.0 Å². The number of pyridine rings is 1. The molecular formula is C19H14ClN5O2. The molecule has 8 heteroatoms. The van der Waals surface area contributed by atoms with E-state index in [1.807, 2.05) is 18.2 Å². The number of benzene rings is 1. The van der Waals surface area contributed by atoms with Gasteiger partial charge in [0.25, 0.3) is 5.91 Å². The highest BCUT2D eigenvalue weighted by Gasteiger charge is 2.23. The third kappa shape index (κ3) is 3.45. The van der Waals surface area contributed by atoms with Crippen LogP contribution in [0, 0.1) is 0 Å². The molecule has 134 valence electrons. The van der Waals surface area contributed by atoms with Crippen LogP contribution >= 0.6 is 11.6 Å². The fraction of sp³-hybridized carbons (Fsp3) is 0.0526. The normalized spacial score (nSPS) is 10.7. The summed E-state index contributed by atoms with van der Waals surface area (Å²) in [5.41, 5.74) is 2.09. The summed E-state index contributed by atoms with van der Waals surface area (Å²) in [6, 6.07) is 14.4. The molecule has 0 atom stereocenters. The number of aromatic nitrogens is 4. The van der Waals surface area contributed by atoms with E-state index in [-0.39, 0.29) is 18.1 Å². The van der Waals surface area contributed by atoms with E-state index in [0.717, 1.165) is 5.56 Å². The molecular weight excluding hydrogens is 366 g/mol. The van der Waals surface area contributed by atoms with Crippen LogP contribution in [-0.4, -0.2) is 25.9 Å². The summed E-state index contributed by atoms with van der Waals surface area (Å²) < 4.78 is 6.80. The fourth-order valence-corrected chi connectivity index (χ4v) is 2.88. The fourth-order valence-electron chi connectivity index (χ4n) is 2.66. The summed E-state index contributed by atoms with van der Waals surface area (Å²) in [6.45, 7) is 0.251. The molecule has 0 bridgehead atoms. The minimum atomic E-state index is -0.364. The van der Waals surface area contributed by atoms with E-state index in [1.54, 1.807) is 53.7 Å². The number of hydrogen-bond acceptors (Lipinski definition) is 5. The van der Waals surface area contributed by atoms with Gasteiger partial charge in [-0.25, -0.2) is 4.68 Å². The zero-order chi connectivity index (χ0) is 18.6. The lowest BCUT2D eigenvalue weighted by atomic mass is 10.1. The third-order valence-corrected chi connectivity index (χ3v) is 4.24. The number of furan rings is 1. The molecule has 7 nitrogen and oxygen atoms in total. The molecule has 0 saturated carbocycles. The molecule has 0 unspecified atom stereocenters. The van der Waals surface area contributed by atoms with Crippen LogP contribution < -0.4 is 5.32 Å². The first-order chi connectivity index (χ1) is 13.2. The van der Waals surface area contributed by atoms with Gasteiger partial charge in [-0.05, 0) is 36.4 Å². The maximum atomic E-state index is 12.7. The molecule has 0 radical (unpaired) electrons. The number of amides is 1. The van der Waals surface area contributed by atoms with Gasteiger partial charge in [-0.15, -0.1) is 5.10 Å². The first kappa shape index (κ1) is 17.0. The van der Waals surface area contributed by atoms with Gasteiger partial charge in [0.1, 0.15) is 11.5 Å². The van der Waals surface area contributed by atoms with Gasteiger partial charge in [-0.2, -0.15) is 0 Å². The van der Waals surface area contributed by atoms with Gasteiger partial charge in [0.05, 0.1) is 23.5 Å². The maximum Gasteiger partial charge on any atom is 0.274 e. The lowest BCUT2D eigenvalue weighted by Gasteiger charge is -2.09. The molecule has 0 fully saturated rings. The SMILES string of the molecule is O=C(NCc1ccco1)c1nnn(-c2ccccc2Cl)c1-c1ccncc1. The number of halogens is 1. The Bertz CT molecular complexity index is 1060. The van der Waals surface area contributed by atoms with Gasteiger partial charge in [0.2, 0.25) is 0 Å². The van der Waals surface area contributed by atoms with Crippen LogP contribution in [0.5, 0.6) is 0 Å². The van der Waals surface area contributed by atoms with Crippen LogP contribution in [0.1, 0.15) is 16.2 Å². The summed E-state index contributed by atoms with van der Waals surface area (Å²) >= 11 is 6.32. The Morgan fingerprint density at radius 3 is 2.67 bits per heavy atom. The van der Waals surface area contributed by atoms with Crippen molar-refractivity contribution in [1.82, 2.24) is 25.3 Å². The summed E-state index contributed by atoms with van der Waals surface area (Å²) in [7, 11) is 0. The summed E-state index contributed by atoms with van der Waals surface area (Å²) in [4.78, 5) is 16.8. The van der Waals surface area contributed by atoms with Gasteiger partial charge in [0.15, 0.2) is 5.69 Å². The van der Waals surface area contributed by atoms with Crippen LogP contribution in [-0.2, 0) is 6.54 Å². The predicted octanol–water partition coefficient (Wildman–Crippen LogP) is 3.51. The highest BCUT2D eigenvalue weighted by atomic mass is 35.5. The van der Waals surface area contributed by atoms with Crippen molar-refractivity contribution in [1.29, 1.82) is 0 Å². The largest absolute Gasteiger partial charge is 0.467 e. The monoisotopic (exact) mass is 379 g/mol. The van der Waals surface area contributed by atoms with Crippen LogP contribution in [0.2, 0.25) is 5.02 Å². The highest BCUT2D eigenvalue weighted by molar-refractivity contribution is 6.32. The molecule has 0 spiro atoms. The second-order valence-corrected chi connectivity index (χ2v) is 6.06. The summed E-state index contributed by atoms with van der Waals surface area (Å²) in [6.07, 6.45) is 4.84. The molecule has 3 aromatic heterocycles. The van der Waals surface area contributed by atoms with E-state index in [2.05, 4.69) is 20.6 Å². The maximum absolute atomic E-state index is 12.7. The van der Waals surface area contributed by atoms with Crippen molar-refractivity contribution >= 4 is 17.5 Å². The molecule has 3 heterocycles. The second-order valence-electron chi connectivity index (χ2n) is 5.65. The first-order valence-electron chi connectivity index (χ1n) is 8.15. The molecule has 4 aromatic rings. The lowest BCUT2D eigenvalue weighted by Crippen LogP contribution is -2.23. The second kappa shape index (κ2) is 7.43. The number of hydrogen-bond donors (Lipinski definition) is 1. The molecule has 27 heavy (non-hydrogen) atoms. The quantitative estimate of drug-likeness (QED) is 0.573. The Hall–Kier alpha value is -3.45. The van der Waals surface area contributed by atoms with Gasteiger partial charge in [-0.3, -0.25) is 9.78 Å². The van der Waals surface area contributed by atoms with Gasteiger partial charge in [-0.1, -0.05) is 28.9 Å². The van der Waals surface area contributed by atoms with E-state index in [9.17, 15) is 4.79 Å². The van der Waals surface area contributed by atoms with E-state index >= 15 is 0 Å². The highest BCUT2D eigenvalue weighted by Crippen LogP contribution is 2.28. The Morgan fingerprint density at radius 2 is 1.93 bits per heavy atom. The van der Waals surface area contributed by atoms with Crippen LogP contribution in [0.15, 0.2) is 71.6 Å². The molecule has 0 aliphatic carbocycles. The molecule has 0 aliphatic heterocycles. The van der Waals surface area contributed by atoms with E-state index in [0.29, 0.717) is 22.2 Å². The number of carbonyl (C=O) groups excluding carboxylic acids is 1. The van der Waals surface area contributed by atoms with E-state index < -0.39 is 0 Å². The van der Waals surface area contributed by atoms with Crippen LogP contribution in [0.3, 0.4) is 0 Å². The van der Waals surface area contributed by atoms with Crippen molar-refractivity contribution in [3.63, 3.8) is 0 Å². The van der Waals surface area contributed by atoms with E-state index in [1.165, 1.54) is 0 Å². The van der Waals surface area contributed by atoms with Crippen LogP contribution in [0.25, 0.3) is 16.9 Å². The zero-order valence-electron chi connectivity index (χ0n) is 14.0. The van der Waals surface area contributed by atoms with Crippen molar-refractivity contribution in [3.05, 3.63) is 83.7 Å². The standard InChI is InChI=1S/C19H14ClN5O2/c20-15-5-1-2-6-16(15)25-18(13-7-9-21-10-8-13)17(23-24-25)19(26)22-12-14-4-3-11-27-14/h1-11H,12H2,(H,22,26). The minimum absolute atomic E-state index is 0.188. The predicted molar refractivity (Wildman–Crippen MR) is 99.5 cm³/mol. The molecule has 4 rings (SSSR count). The number of rotatable bonds is 5. The van der Waals surface area contributed by atoms with Crippen molar-refractivity contribution < 1.29 is 9.21 Å². The minimum Gasteiger partial charge on any atom is -0.467 e. The van der Waals surface area contributed by atoms with Crippen molar-refractivity contribution in [2.75, 3.05) is 0 Å². The molecule has 1 N–H and O–H groups in total. The average Bonchev–Trinajstić information content (AvgIpc) is 3.37. The van der Waals surface area contributed by atoms with Gasteiger partial charge < -0.3 is 9.73 Å². The lowest BCUT2D eigenvalue weighted by molar-refractivity contribution is 0.0943. The Kier molecular flexibility index (Phi) is 4.67. The van der Waals surface area contributed by atoms with Crippen LogP contribution in [0.4, 0.5) is 0 Å². The van der Waals surface area contributed by atoms with Crippen molar-refractivity contribution in [2.24, 2.45) is 0 Å². The Balaban J connectivity index is 1.76. The third-order valence-electron chi connectivity index (χ3n) is 3.92. The Labute approximate surface area is 159 Å². The summed E-state index contributed by atoms with van der Waals surface area (Å²) in [5, 5.41) is 11.6. The Morgan fingerprint density at radius 1 is 1.11 bits per heavy atom. The zero-order valence-corrected chi connectivity index (χ0v) is 14.8. The van der Waals surface area contributed by atoms with Gasteiger partial charge >= 0.3 is 0 Å². The van der Waals surface area contributed by atoms with Crippen molar-refractivity contribution in [2.45, 2.75) is 6.54 Å². The molecule has 0 saturated heterocycles. The first-order valence-corrected chi connectivity index (χ1v) is 8.53. The molecule has 1 aromatic carbocycles. The average molecular weight is 380 g/mol. The topological polar surface area (TPSA) is 85.8 Å². The summed E-state index contributed by atoms with van der Waals surface area (Å²) in [5.74, 6) is 0.281. The van der Waals surface area contributed by atoms with Crippen molar-refractivity contribution in [3.8, 4) is 16.9 Å². The van der Waals surface area contributed by atoms with E-state index in [4.69, 9.17) is 16.0 Å².